The standard InChI is InChI=1S/C37H44N2O15/c1-5-19(38-25(43)11-12-27(45)39(51)26(44)10-7-13-40)14-28(53-18(2)3)54-23-16-37(50,24(42)17-41)15-21-30(23)36(49)32-31(34(21)47)33(46)20-8-6-9-22(52-4)29(20)35(32)48/h6,8-9,13,18-19,23,28,39,41,47,49-50H,5,7,10-12,14-17H2,1-4H3,(H,38,43)/t19?,23?,28?,37-/m0/s1. The number of phenols is 2. The molecule has 2 aromatic carbocycles. The molecule has 0 aromatic heterocycles. The molecule has 2 aromatic rings. The second-order valence-electron chi connectivity index (χ2n) is 13.4. The molecular formula is C37H44N2O15. The fourth-order valence-corrected chi connectivity index (χ4v) is 6.68. The molecule has 0 spiro atoms. The lowest BCUT2D eigenvalue weighted by Crippen LogP contribution is -3.12. The largest absolute Gasteiger partial charge is 0.619 e. The van der Waals surface area contributed by atoms with Gasteiger partial charge in [-0.3, -0.25) is 19.2 Å². The molecule has 17 heteroatoms. The normalized spacial score (nSPS) is 19.2. The van der Waals surface area contributed by atoms with E-state index in [2.05, 4.69) is 5.32 Å². The average Bonchev–Trinajstić information content (AvgIpc) is 3.14. The number of phenolic OH excluding ortho intramolecular Hbond substituents is 2. The van der Waals surface area contributed by atoms with E-state index in [4.69, 9.17) is 14.2 Å². The van der Waals surface area contributed by atoms with Crippen LogP contribution >= 0.6 is 0 Å². The zero-order chi connectivity index (χ0) is 40.1. The maximum Gasteiger partial charge on any atom is 0.319 e. The van der Waals surface area contributed by atoms with E-state index in [-0.39, 0.29) is 47.3 Å². The van der Waals surface area contributed by atoms with Crippen LogP contribution in [0.25, 0.3) is 0 Å². The number of quaternary nitrogens is 1. The quantitative estimate of drug-likeness (QED) is 0.0471. The molecule has 0 heterocycles. The van der Waals surface area contributed by atoms with E-state index in [1.54, 1.807) is 20.8 Å². The second-order valence-corrected chi connectivity index (χ2v) is 13.4. The van der Waals surface area contributed by atoms with Crippen LogP contribution in [0.3, 0.4) is 0 Å². The van der Waals surface area contributed by atoms with Crippen molar-refractivity contribution in [3.63, 3.8) is 0 Å². The highest BCUT2D eigenvalue weighted by Crippen LogP contribution is 2.52. The Bertz CT molecular complexity index is 1840. The first kappa shape index (κ1) is 41.8. The molecule has 3 amide bonds. The number of methoxy groups -OCH3 is 1. The Morgan fingerprint density at radius 1 is 1.04 bits per heavy atom. The van der Waals surface area contributed by atoms with Gasteiger partial charge in [-0.1, -0.05) is 19.1 Å². The minimum atomic E-state index is -2.37. The molecule has 2 aliphatic rings. The van der Waals surface area contributed by atoms with E-state index >= 15 is 0 Å². The lowest BCUT2D eigenvalue weighted by molar-refractivity contribution is -0.681. The predicted octanol–water partition coefficient (Wildman–Crippen LogP) is 0.409. The third-order valence-corrected chi connectivity index (χ3v) is 9.39. The van der Waals surface area contributed by atoms with Crippen molar-refractivity contribution in [1.82, 2.24) is 5.32 Å². The monoisotopic (exact) mass is 756 g/mol. The van der Waals surface area contributed by atoms with Crippen LogP contribution in [0.4, 0.5) is 0 Å². The van der Waals surface area contributed by atoms with Crippen molar-refractivity contribution in [1.29, 1.82) is 0 Å². The Morgan fingerprint density at radius 2 is 1.70 bits per heavy atom. The smallest absolute Gasteiger partial charge is 0.319 e. The van der Waals surface area contributed by atoms with Gasteiger partial charge < -0.3 is 50.0 Å². The van der Waals surface area contributed by atoms with Crippen LogP contribution in [0.1, 0.15) is 115 Å². The number of fused-ring (bicyclic) bond motifs is 3. The zero-order valence-electron chi connectivity index (χ0n) is 30.3. The third-order valence-electron chi connectivity index (χ3n) is 9.39. The Labute approximate surface area is 309 Å². The number of hydroxylamine groups is 2. The molecular weight excluding hydrogens is 712 g/mol. The van der Waals surface area contributed by atoms with Gasteiger partial charge in [0.15, 0.2) is 17.9 Å². The summed E-state index contributed by atoms with van der Waals surface area (Å²) >= 11 is 0. The number of nitrogens with one attached hydrogen (secondary N) is 2. The molecule has 0 saturated heterocycles. The first-order valence-electron chi connectivity index (χ1n) is 17.4. The van der Waals surface area contributed by atoms with E-state index < -0.39 is 132 Å². The van der Waals surface area contributed by atoms with E-state index in [0.29, 0.717) is 6.29 Å². The van der Waals surface area contributed by atoms with Crippen LogP contribution in [-0.4, -0.2) is 99.5 Å². The van der Waals surface area contributed by atoms with Gasteiger partial charge in [-0.25, -0.2) is 14.7 Å². The number of carbonyl (C=O) groups excluding carboxylic acids is 7. The van der Waals surface area contributed by atoms with E-state index in [9.17, 15) is 59.2 Å². The first-order valence-corrected chi connectivity index (χ1v) is 17.4. The number of aliphatic hydroxyl groups excluding tert-OH is 1. The van der Waals surface area contributed by atoms with Crippen molar-refractivity contribution < 1.29 is 73.3 Å². The summed E-state index contributed by atoms with van der Waals surface area (Å²) in [4.78, 5) is 87.9. The number of amides is 3. The van der Waals surface area contributed by atoms with Gasteiger partial charge in [0.05, 0.1) is 48.8 Å². The number of Topliss-reactive ketones (excluding diaryl/α,β-unsaturated/α-hetero) is 1. The Hall–Kier alpha value is -4.91. The number of hydrogen-bond donors (Lipinski definition) is 6. The summed E-state index contributed by atoms with van der Waals surface area (Å²) in [6.45, 7) is 3.96. The summed E-state index contributed by atoms with van der Waals surface area (Å²) in [5.41, 5.74) is -4.19. The Balaban J connectivity index is 1.67. The molecule has 4 unspecified atom stereocenters. The number of aliphatic hydroxyl groups is 2. The third kappa shape index (κ3) is 8.56. The fraction of sp³-hybridized carbons (Fsp3) is 0.486. The van der Waals surface area contributed by atoms with Gasteiger partial charge in [-0.15, -0.1) is 0 Å². The van der Waals surface area contributed by atoms with Crippen molar-refractivity contribution in [3.05, 3.63) is 56.8 Å². The van der Waals surface area contributed by atoms with E-state index in [0.717, 1.165) is 0 Å². The molecule has 0 radical (unpaired) electrons. The number of hydrogen-bond acceptors (Lipinski definition) is 15. The summed E-state index contributed by atoms with van der Waals surface area (Å²) in [7, 11) is 1.29. The second kappa shape index (κ2) is 17.5. The molecule has 5 atom stereocenters. The topological polar surface area (TPSA) is 268 Å². The minimum absolute atomic E-state index is 0.0425. The molecule has 6 N–H and O–H groups in total. The van der Waals surface area contributed by atoms with Crippen LogP contribution in [0, 0.1) is 5.21 Å². The summed E-state index contributed by atoms with van der Waals surface area (Å²) in [5, 5.41) is 58.1. The highest BCUT2D eigenvalue weighted by Gasteiger charge is 2.49. The summed E-state index contributed by atoms with van der Waals surface area (Å²) in [6, 6.07) is 3.57. The van der Waals surface area contributed by atoms with Crippen LogP contribution < -0.4 is 15.1 Å². The van der Waals surface area contributed by atoms with Gasteiger partial charge in [0, 0.05) is 54.8 Å². The molecule has 292 valence electrons. The molecule has 4 rings (SSSR count). The minimum Gasteiger partial charge on any atom is -0.619 e. The number of carbonyl (C=O) groups is 7. The lowest BCUT2D eigenvalue weighted by atomic mass is 9.72. The van der Waals surface area contributed by atoms with Crippen molar-refractivity contribution in [2.75, 3.05) is 13.7 Å². The Kier molecular flexibility index (Phi) is 13.5. The zero-order valence-corrected chi connectivity index (χ0v) is 30.3. The maximum absolute atomic E-state index is 13.9. The van der Waals surface area contributed by atoms with Crippen LogP contribution in [0.15, 0.2) is 18.2 Å². The number of ether oxygens (including phenoxy) is 3. The fourth-order valence-electron chi connectivity index (χ4n) is 6.68. The number of ketones is 3. The number of aldehydes is 1. The molecule has 2 aliphatic carbocycles. The van der Waals surface area contributed by atoms with Crippen LogP contribution in [0.5, 0.6) is 17.2 Å². The van der Waals surface area contributed by atoms with Crippen LogP contribution in [0.2, 0.25) is 0 Å². The lowest BCUT2D eigenvalue weighted by Gasteiger charge is -2.40. The van der Waals surface area contributed by atoms with E-state index in [1.165, 1.54) is 25.3 Å². The molecule has 0 aliphatic heterocycles. The Morgan fingerprint density at radius 3 is 2.31 bits per heavy atom. The van der Waals surface area contributed by atoms with Gasteiger partial charge in [-0.2, -0.15) is 0 Å². The summed E-state index contributed by atoms with van der Waals surface area (Å²) in [6.07, 6.45) is -5.50. The van der Waals surface area contributed by atoms with E-state index in [1.807, 2.05) is 0 Å². The molecule has 0 bridgehead atoms. The predicted molar refractivity (Wildman–Crippen MR) is 185 cm³/mol. The van der Waals surface area contributed by atoms with Crippen LogP contribution in [-0.2, 0) is 39.9 Å². The molecule has 0 fully saturated rings. The van der Waals surface area contributed by atoms with Gasteiger partial charge in [0.2, 0.25) is 11.7 Å². The van der Waals surface area contributed by atoms with Gasteiger partial charge in [0.1, 0.15) is 35.7 Å². The molecule has 0 saturated carbocycles. The highest BCUT2D eigenvalue weighted by molar-refractivity contribution is 6.31. The van der Waals surface area contributed by atoms with Crippen molar-refractivity contribution in [2.24, 2.45) is 0 Å². The van der Waals surface area contributed by atoms with Gasteiger partial charge in [0.25, 0.3) is 0 Å². The molecule has 54 heavy (non-hydrogen) atoms. The van der Waals surface area contributed by atoms with Crippen molar-refractivity contribution in [3.8, 4) is 17.2 Å². The maximum atomic E-state index is 13.9. The van der Waals surface area contributed by atoms with Gasteiger partial charge >= 0.3 is 11.8 Å². The highest BCUT2D eigenvalue weighted by atomic mass is 16.7. The number of aromatic hydroxyl groups is 2. The van der Waals surface area contributed by atoms with Crippen molar-refractivity contribution >= 4 is 41.4 Å². The summed E-state index contributed by atoms with van der Waals surface area (Å²) < 4.78 is 17.6. The average molecular weight is 757 g/mol. The number of rotatable bonds is 17. The molecule has 17 nitrogen and oxygen atoms in total. The summed E-state index contributed by atoms with van der Waals surface area (Å²) in [5.74, 6) is -6.95. The number of benzene rings is 2. The van der Waals surface area contributed by atoms with Crippen molar-refractivity contribution in [2.45, 2.75) is 102 Å². The number of imide groups is 1. The van der Waals surface area contributed by atoms with Gasteiger partial charge in [-0.05, 0) is 26.3 Å². The SMILES string of the molecule is CCC(CC(OC(C)C)OC1C[C@](O)(C(=O)CO)Cc2c(O)c3c(c(O)c21)C(=O)c1c(OC)cccc1C3=O)NC(=O)CCC(=O)[NH+]([O-])C(=O)CCC=O. The first-order chi connectivity index (χ1) is 25.5.